The number of hydrogen-bond donors (Lipinski definition) is 1. The molecule has 2 aromatic carbocycles. The van der Waals surface area contributed by atoms with Crippen LogP contribution in [0.2, 0.25) is 0 Å². The molecule has 2 aromatic rings. The SMILES string of the molecule is Brc1ccc2c(c1)C(Nc1ccc(I)cc1)CCO2. The van der Waals surface area contributed by atoms with Crippen LogP contribution in [0.5, 0.6) is 5.75 Å². The van der Waals surface area contributed by atoms with Crippen molar-refractivity contribution < 1.29 is 4.74 Å². The topological polar surface area (TPSA) is 21.3 Å². The van der Waals surface area contributed by atoms with Crippen molar-refractivity contribution in [3.63, 3.8) is 0 Å². The summed E-state index contributed by atoms with van der Waals surface area (Å²) in [6.07, 6.45) is 0.982. The Labute approximate surface area is 134 Å². The summed E-state index contributed by atoms with van der Waals surface area (Å²) in [5.41, 5.74) is 2.37. The summed E-state index contributed by atoms with van der Waals surface area (Å²) in [7, 11) is 0. The Morgan fingerprint density at radius 2 is 1.95 bits per heavy atom. The van der Waals surface area contributed by atoms with Gasteiger partial charge >= 0.3 is 0 Å². The molecular weight excluding hydrogens is 417 g/mol. The molecule has 2 nitrogen and oxygen atoms in total. The third kappa shape index (κ3) is 3.05. The van der Waals surface area contributed by atoms with Crippen LogP contribution in [0.3, 0.4) is 0 Å². The molecule has 98 valence electrons. The molecule has 4 heteroatoms. The van der Waals surface area contributed by atoms with Crippen LogP contribution in [-0.4, -0.2) is 6.61 Å². The summed E-state index contributed by atoms with van der Waals surface area (Å²) < 4.78 is 8.04. The number of halogens is 2. The number of ether oxygens (including phenoxy) is 1. The minimum absolute atomic E-state index is 0.307. The van der Waals surface area contributed by atoms with E-state index in [-0.39, 0.29) is 0 Å². The molecule has 1 atom stereocenters. The summed E-state index contributed by atoms with van der Waals surface area (Å²) in [4.78, 5) is 0. The Morgan fingerprint density at radius 3 is 2.74 bits per heavy atom. The lowest BCUT2D eigenvalue weighted by molar-refractivity contribution is 0.274. The van der Waals surface area contributed by atoms with Gasteiger partial charge in [-0.1, -0.05) is 15.9 Å². The van der Waals surface area contributed by atoms with Crippen LogP contribution in [0, 0.1) is 3.57 Å². The van der Waals surface area contributed by atoms with Crippen LogP contribution < -0.4 is 10.1 Å². The monoisotopic (exact) mass is 429 g/mol. The third-order valence-electron chi connectivity index (χ3n) is 3.20. The van der Waals surface area contributed by atoms with Crippen LogP contribution in [-0.2, 0) is 0 Å². The first-order valence-corrected chi connectivity index (χ1v) is 8.04. The van der Waals surface area contributed by atoms with E-state index in [0.29, 0.717) is 6.04 Å². The second kappa shape index (κ2) is 5.71. The Balaban J connectivity index is 1.87. The van der Waals surface area contributed by atoms with Gasteiger partial charge in [-0.3, -0.25) is 0 Å². The van der Waals surface area contributed by atoms with Gasteiger partial charge in [0.25, 0.3) is 0 Å². The van der Waals surface area contributed by atoms with Gasteiger partial charge in [0.15, 0.2) is 0 Å². The van der Waals surface area contributed by atoms with Crippen LogP contribution in [0.15, 0.2) is 46.9 Å². The lowest BCUT2D eigenvalue weighted by atomic mass is 10.0. The molecule has 0 spiro atoms. The largest absolute Gasteiger partial charge is 0.493 e. The van der Waals surface area contributed by atoms with Crippen molar-refractivity contribution in [2.75, 3.05) is 11.9 Å². The van der Waals surface area contributed by atoms with Crippen molar-refractivity contribution in [3.05, 3.63) is 56.1 Å². The molecule has 0 saturated carbocycles. The van der Waals surface area contributed by atoms with Gasteiger partial charge in [-0.2, -0.15) is 0 Å². The van der Waals surface area contributed by atoms with Crippen molar-refractivity contribution in [1.82, 2.24) is 0 Å². The zero-order chi connectivity index (χ0) is 13.2. The van der Waals surface area contributed by atoms with E-state index in [4.69, 9.17) is 4.74 Å². The van der Waals surface area contributed by atoms with Gasteiger partial charge in [-0.25, -0.2) is 0 Å². The highest BCUT2D eigenvalue weighted by atomic mass is 127. The van der Waals surface area contributed by atoms with Gasteiger partial charge in [0.1, 0.15) is 5.75 Å². The fourth-order valence-corrected chi connectivity index (χ4v) is 3.00. The number of fused-ring (bicyclic) bond motifs is 1. The fraction of sp³-hybridized carbons (Fsp3) is 0.200. The van der Waals surface area contributed by atoms with Crippen LogP contribution in [0.4, 0.5) is 5.69 Å². The third-order valence-corrected chi connectivity index (χ3v) is 4.41. The van der Waals surface area contributed by atoms with Gasteiger partial charge in [0.2, 0.25) is 0 Å². The highest BCUT2D eigenvalue weighted by Gasteiger charge is 2.21. The van der Waals surface area contributed by atoms with Gasteiger partial charge in [0, 0.05) is 25.7 Å². The van der Waals surface area contributed by atoms with E-state index >= 15 is 0 Å². The summed E-state index contributed by atoms with van der Waals surface area (Å²) in [6, 6.07) is 15.0. The Kier molecular flexibility index (Phi) is 3.98. The van der Waals surface area contributed by atoms with Crippen molar-refractivity contribution in [3.8, 4) is 5.75 Å². The highest BCUT2D eigenvalue weighted by molar-refractivity contribution is 14.1. The lowest BCUT2D eigenvalue weighted by Crippen LogP contribution is -2.20. The predicted octanol–water partition coefficient (Wildman–Crippen LogP) is 4.99. The van der Waals surface area contributed by atoms with Crippen molar-refractivity contribution in [2.24, 2.45) is 0 Å². The normalized spacial score (nSPS) is 17.5. The Bertz CT molecular complexity index is 585. The molecule has 0 aliphatic carbocycles. The first-order valence-electron chi connectivity index (χ1n) is 6.17. The predicted molar refractivity (Wildman–Crippen MR) is 89.8 cm³/mol. The van der Waals surface area contributed by atoms with Crippen LogP contribution in [0.1, 0.15) is 18.0 Å². The molecule has 0 aromatic heterocycles. The van der Waals surface area contributed by atoms with E-state index in [0.717, 1.165) is 28.9 Å². The van der Waals surface area contributed by atoms with E-state index in [9.17, 15) is 0 Å². The van der Waals surface area contributed by atoms with E-state index in [1.807, 2.05) is 12.1 Å². The number of rotatable bonds is 2. The summed E-state index contributed by atoms with van der Waals surface area (Å²) in [5, 5.41) is 3.59. The second-order valence-electron chi connectivity index (χ2n) is 4.52. The van der Waals surface area contributed by atoms with Gasteiger partial charge in [-0.15, -0.1) is 0 Å². The number of anilines is 1. The Hall–Kier alpha value is -0.750. The summed E-state index contributed by atoms with van der Waals surface area (Å²) in [5.74, 6) is 0.984. The Morgan fingerprint density at radius 1 is 1.16 bits per heavy atom. The molecule has 1 heterocycles. The molecule has 19 heavy (non-hydrogen) atoms. The maximum atomic E-state index is 5.70. The standard InChI is InChI=1S/C15H13BrINO/c16-10-1-6-15-13(9-10)14(7-8-19-15)18-12-4-2-11(17)3-5-12/h1-6,9,14,18H,7-8H2. The molecule has 0 fully saturated rings. The lowest BCUT2D eigenvalue weighted by Gasteiger charge is -2.27. The minimum Gasteiger partial charge on any atom is -0.493 e. The van der Waals surface area contributed by atoms with Crippen molar-refractivity contribution >= 4 is 44.2 Å². The quantitative estimate of drug-likeness (QED) is 0.679. The van der Waals surface area contributed by atoms with Gasteiger partial charge in [0.05, 0.1) is 12.6 Å². The number of benzene rings is 2. The first-order chi connectivity index (χ1) is 9.22. The van der Waals surface area contributed by atoms with Crippen molar-refractivity contribution in [2.45, 2.75) is 12.5 Å². The van der Waals surface area contributed by atoms with Crippen LogP contribution >= 0.6 is 38.5 Å². The molecule has 0 amide bonds. The molecule has 3 rings (SSSR count). The number of hydrogen-bond acceptors (Lipinski definition) is 2. The molecule has 1 unspecified atom stereocenters. The fourth-order valence-electron chi connectivity index (χ4n) is 2.26. The molecule has 1 aliphatic heterocycles. The zero-order valence-electron chi connectivity index (χ0n) is 10.2. The number of nitrogens with one attached hydrogen (secondary N) is 1. The van der Waals surface area contributed by atoms with E-state index in [1.54, 1.807) is 0 Å². The minimum atomic E-state index is 0.307. The van der Waals surface area contributed by atoms with Crippen molar-refractivity contribution in [1.29, 1.82) is 0 Å². The van der Waals surface area contributed by atoms with Gasteiger partial charge in [-0.05, 0) is 65.1 Å². The maximum absolute atomic E-state index is 5.70. The average Bonchev–Trinajstić information content (AvgIpc) is 2.42. The molecular formula is C15H13BrINO. The average molecular weight is 430 g/mol. The summed E-state index contributed by atoms with van der Waals surface area (Å²) in [6.45, 7) is 0.761. The summed E-state index contributed by atoms with van der Waals surface area (Å²) >= 11 is 5.85. The van der Waals surface area contributed by atoms with E-state index < -0.39 is 0 Å². The second-order valence-corrected chi connectivity index (χ2v) is 6.68. The van der Waals surface area contributed by atoms with Crippen LogP contribution in [0.25, 0.3) is 0 Å². The molecule has 0 bridgehead atoms. The first kappa shape index (κ1) is 13.2. The zero-order valence-corrected chi connectivity index (χ0v) is 13.9. The maximum Gasteiger partial charge on any atom is 0.124 e. The molecule has 0 saturated heterocycles. The molecule has 1 N–H and O–H groups in total. The van der Waals surface area contributed by atoms with Gasteiger partial charge < -0.3 is 10.1 Å². The smallest absolute Gasteiger partial charge is 0.124 e. The molecule has 0 radical (unpaired) electrons. The van der Waals surface area contributed by atoms with E-state index in [2.05, 4.69) is 74.2 Å². The van der Waals surface area contributed by atoms with E-state index in [1.165, 1.54) is 9.13 Å². The highest BCUT2D eigenvalue weighted by Crippen LogP contribution is 2.36. The molecule has 1 aliphatic rings.